The third-order valence-electron chi connectivity index (χ3n) is 3.99. The molecule has 0 aliphatic heterocycles. The fraction of sp³-hybridized carbons (Fsp3) is 0.412. The molecule has 110 valence electrons. The predicted molar refractivity (Wildman–Crippen MR) is 87.2 cm³/mol. The Morgan fingerprint density at radius 1 is 1.10 bits per heavy atom. The van der Waals surface area contributed by atoms with Crippen molar-refractivity contribution in [1.29, 1.82) is 0 Å². The normalized spacial score (nSPS) is 15.1. The first kappa shape index (κ1) is 13.9. The summed E-state index contributed by atoms with van der Waals surface area (Å²) in [5.41, 5.74) is 2.08. The molecule has 0 radical (unpaired) electrons. The minimum Gasteiger partial charge on any atom is -0.367 e. The quantitative estimate of drug-likeness (QED) is 0.923. The summed E-state index contributed by atoms with van der Waals surface area (Å²) in [5, 5.41) is 3.55. The number of benzene rings is 1. The summed E-state index contributed by atoms with van der Waals surface area (Å²) < 4.78 is 0. The molecule has 4 nitrogen and oxygen atoms in total. The van der Waals surface area contributed by atoms with Gasteiger partial charge in [-0.1, -0.05) is 31.0 Å². The second kappa shape index (κ2) is 6.12. The van der Waals surface area contributed by atoms with E-state index in [1.807, 2.05) is 43.1 Å². The number of hydrogen-bond acceptors (Lipinski definition) is 4. The van der Waals surface area contributed by atoms with Crippen molar-refractivity contribution < 1.29 is 0 Å². The third kappa shape index (κ3) is 3.32. The van der Waals surface area contributed by atoms with Crippen molar-refractivity contribution in [3.63, 3.8) is 0 Å². The van der Waals surface area contributed by atoms with Gasteiger partial charge in [0.15, 0.2) is 0 Å². The largest absolute Gasteiger partial charge is 0.367 e. The Morgan fingerprint density at radius 3 is 2.52 bits per heavy atom. The standard InChI is InChI=1S/C17H22N4/c1-13-12-16(19-14-8-6-7-9-14)20-17(18-13)21(2)15-10-4-3-5-11-15/h3-5,10-12,14H,6-9H2,1-2H3,(H,18,19,20). The molecule has 2 aromatic rings. The molecule has 1 aromatic heterocycles. The highest BCUT2D eigenvalue weighted by Crippen LogP contribution is 2.24. The Labute approximate surface area is 126 Å². The molecule has 1 fully saturated rings. The van der Waals surface area contributed by atoms with Gasteiger partial charge >= 0.3 is 0 Å². The van der Waals surface area contributed by atoms with Crippen LogP contribution in [0.1, 0.15) is 31.4 Å². The molecule has 1 aliphatic rings. The van der Waals surface area contributed by atoms with Crippen molar-refractivity contribution in [2.45, 2.75) is 38.6 Å². The van der Waals surface area contributed by atoms with Crippen molar-refractivity contribution in [1.82, 2.24) is 9.97 Å². The number of anilines is 3. The smallest absolute Gasteiger partial charge is 0.231 e. The summed E-state index contributed by atoms with van der Waals surface area (Å²) >= 11 is 0. The Morgan fingerprint density at radius 2 is 1.81 bits per heavy atom. The number of rotatable bonds is 4. The Hall–Kier alpha value is -2.10. The Bertz CT molecular complexity index is 591. The molecule has 0 atom stereocenters. The summed E-state index contributed by atoms with van der Waals surface area (Å²) in [5.74, 6) is 1.67. The highest BCUT2D eigenvalue weighted by molar-refractivity contribution is 5.57. The molecule has 4 heteroatoms. The van der Waals surface area contributed by atoms with Crippen LogP contribution in [0.15, 0.2) is 36.4 Å². The number of nitrogens with zero attached hydrogens (tertiary/aromatic N) is 3. The van der Waals surface area contributed by atoms with Gasteiger partial charge in [0, 0.05) is 30.5 Å². The summed E-state index contributed by atoms with van der Waals surface area (Å²) in [6.07, 6.45) is 5.12. The van der Waals surface area contributed by atoms with E-state index in [-0.39, 0.29) is 0 Å². The molecule has 1 aromatic carbocycles. The van der Waals surface area contributed by atoms with Gasteiger partial charge in [-0.2, -0.15) is 4.98 Å². The van der Waals surface area contributed by atoms with Crippen LogP contribution in [0.25, 0.3) is 0 Å². The van der Waals surface area contributed by atoms with E-state index in [9.17, 15) is 0 Å². The van der Waals surface area contributed by atoms with Crippen LogP contribution in [-0.4, -0.2) is 23.1 Å². The number of aryl methyl sites for hydroxylation is 1. The van der Waals surface area contributed by atoms with Gasteiger partial charge in [0.25, 0.3) is 0 Å². The van der Waals surface area contributed by atoms with Crippen LogP contribution in [-0.2, 0) is 0 Å². The zero-order valence-corrected chi connectivity index (χ0v) is 12.7. The SMILES string of the molecule is Cc1cc(NC2CCCC2)nc(N(C)c2ccccc2)n1. The maximum Gasteiger partial charge on any atom is 0.231 e. The monoisotopic (exact) mass is 282 g/mol. The lowest BCUT2D eigenvalue weighted by Gasteiger charge is -2.19. The van der Waals surface area contributed by atoms with Gasteiger partial charge < -0.3 is 10.2 Å². The minimum atomic E-state index is 0.564. The number of nitrogens with one attached hydrogen (secondary N) is 1. The Kier molecular flexibility index (Phi) is 4.04. The molecule has 0 spiro atoms. The molecule has 1 N–H and O–H groups in total. The van der Waals surface area contributed by atoms with E-state index >= 15 is 0 Å². The van der Waals surface area contributed by atoms with Gasteiger partial charge in [-0.25, -0.2) is 4.98 Å². The van der Waals surface area contributed by atoms with Crippen LogP contribution in [0.2, 0.25) is 0 Å². The van der Waals surface area contributed by atoms with Gasteiger partial charge in [0.2, 0.25) is 5.95 Å². The molecule has 0 unspecified atom stereocenters. The maximum absolute atomic E-state index is 4.68. The van der Waals surface area contributed by atoms with Crippen LogP contribution in [0.4, 0.5) is 17.5 Å². The molecule has 0 bridgehead atoms. The van der Waals surface area contributed by atoms with Crippen LogP contribution >= 0.6 is 0 Å². The molecular weight excluding hydrogens is 260 g/mol. The average molecular weight is 282 g/mol. The van der Waals surface area contributed by atoms with Crippen LogP contribution < -0.4 is 10.2 Å². The van der Waals surface area contributed by atoms with E-state index in [2.05, 4.69) is 27.4 Å². The fourth-order valence-corrected chi connectivity index (χ4v) is 2.82. The highest BCUT2D eigenvalue weighted by atomic mass is 15.3. The third-order valence-corrected chi connectivity index (χ3v) is 3.99. The summed E-state index contributed by atoms with van der Waals surface area (Å²) in [7, 11) is 2.00. The molecule has 1 aliphatic carbocycles. The van der Waals surface area contributed by atoms with E-state index in [0.717, 1.165) is 23.1 Å². The van der Waals surface area contributed by atoms with Crippen molar-refractivity contribution in [2.75, 3.05) is 17.3 Å². The summed E-state index contributed by atoms with van der Waals surface area (Å²) in [6.45, 7) is 2.02. The predicted octanol–water partition coefficient (Wildman–Crippen LogP) is 3.91. The topological polar surface area (TPSA) is 41.1 Å². The molecule has 21 heavy (non-hydrogen) atoms. The number of para-hydroxylation sites is 1. The lowest BCUT2D eigenvalue weighted by atomic mass is 10.2. The van der Waals surface area contributed by atoms with Crippen LogP contribution in [0, 0.1) is 6.92 Å². The first-order valence-corrected chi connectivity index (χ1v) is 7.63. The van der Waals surface area contributed by atoms with E-state index in [1.165, 1.54) is 25.7 Å². The van der Waals surface area contributed by atoms with Gasteiger partial charge in [-0.05, 0) is 31.9 Å². The van der Waals surface area contributed by atoms with E-state index < -0.39 is 0 Å². The second-order valence-corrected chi connectivity index (χ2v) is 5.71. The van der Waals surface area contributed by atoms with Gasteiger partial charge in [0.1, 0.15) is 5.82 Å². The van der Waals surface area contributed by atoms with Gasteiger partial charge in [-0.15, -0.1) is 0 Å². The molecule has 3 rings (SSSR count). The highest BCUT2D eigenvalue weighted by Gasteiger charge is 2.16. The van der Waals surface area contributed by atoms with Crippen molar-refractivity contribution in [2.24, 2.45) is 0 Å². The molecule has 0 amide bonds. The molecule has 0 saturated heterocycles. The maximum atomic E-state index is 4.68. The van der Waals surface area contributed by atoms with Crippen molar-refractivity contribution in [3.05, 3.63) is 42.1 Å². The molecule has 1 saturated carbocycles. The van der Waals surface area contributed by atoms with Crippen molar-refractivity contribution in [3.8, 4) is 0 Å². The zero-order valence-electron chi connectivity index (χ0n) is 12.7. The summed E-state index contributed by atoms with van der Waals surface area (Å²) in [6, 6.07) is 12.8. The van der Waals surface area contributed by atoms with Crippen LogP contribution in [0.3, 0.4) is 0 Å². The molecule has 1 heterocycles. The minimum absolute atomic E-state index is 0.564. The van der Waals surface area contributed by atoms with E-state index in [4.69, 9.17) is 0 Å². The van der Waals surface area contributed by atoms with Gasteiger partial charge in [-0.3, -0.25) is 0 Å². The first-order chi connectivity index (χ1) is 10.2. The average Bonchev–Trinajstić information content (AvgIpc) is 2.99. The Balaban J connectivity index is 1.83. The molecular formula is C17H22N4. The van der Waals surface area contributed by atoms with Crippen molar-refractivity contribution >= 4 is 17.5 Å². The van der Waals surface area contributed by atoms with Gasteiger partial charge in [0.05, 0.1) is 0 Å². The lowest BCUT2D eigenvalue weighted by molar-refractivity contribution is 0.749. The first-order valence-electron chi connectivity index (χ1n) is 7.63. The lowest BCUT2D eigenvalue weighted by Crippen LogP contribution is -2.18. The number of aromatic nitrogens is 2. The fourth-order valence-electron chi connectivity index (χ4n) is 2.82. The zero-order chi connectivity index (χ0) is 14.7. The number of hydrogen-bond donors (Lipinski definition) is 1. The van der Waals surface area contributed by atoms with E-state index in [1.54, 1.807) is 0 Å². The summed E-state index contributed by atoms with van der Waals surface area (Å²) in [4.78, 5) is 11.3. The van der Waals surface area contributed by atoms with E-state index in [0.29, 0.717) is 6.04 Å². The van der Waals surface area contributed by atoms with Crippen LogP contribution in [0.5, 0.6) is 0 Å². The second-order valence-electron chi connectivity index (χ2n) is 5.71.